The van der Waals surface area contributed by atoms with E-state index in [0.717, 1.165) is 0 Å². The van der Waals surface area contributed by atoms with E-state index in [9.17, 15) is 18.4 Å². The average molecular weight is 315 g/mol. The van der Waals surface area contributed by atoms with Crippen LogP contribution < -0.4 is 4.90 Å². The first-order valence-electron chi connectivity index (χ1n) is 7.34. The van der Waals surface area contributed by atoms with Gasteiger partial charge in [-0.15, -0.1) is 0 Å². The van der Waals surface area contributed by atoms with Gasteiger partial charge in [0.05, 0.1) is 17.8 Å². The Balaban J connectivity index is 2.05. The Bertz CT molecular complexity index is 802. The van der Waals surface area contributed by atoms with Crippen molar-refractivity contribution in [3.8, 4) is 0 Å². The van der Waals surface area contributed by atoms with Gasteiger partial charge in [0.2, 0.25) is 5.91 Å². The summed E-state index contributed by atoms with van der Waals surface area (Å²) in [7, 11) is 0. The van der Waals surface area contributed by atoms with Gasteiger partial charge in [-0.3, -0.25) is 9.59 Å². The molecule has 0 spiro atoms. The van der Waals surface area contributed by atoms with Crippen LogP contribution in [-0.4, -0.2) is 11.7 Å². The number of benzene rings is 2. The summed E-state index contributed by atoms with van der Waals surface area (Å²) in [5, 5.41) is 0. The fourth-order valence-corrected chi connectivity index (χ4v) is 2.72. The topological polar surface area (TPSA) is 37.4 Å². The fraction of sp³-hybridized carbons (Fsp3) is 0.222. The van der Waals surface area contributed by atoms with Crippen molar-refractivity contribution in [3.63, 3.8) is 0 Å². The molecule has 2 aromatic rings. The van der Waals surface area contributed by atoms with Crippen molar-refractivity contribution in [2.75, 3.05) is 4.90 Å². The summed E-state index contributed by atoms with van der Waals surface area (Å²) < 4.78 is 27.8. The maximum Gasteiger partial charge on any atom is 0.227 e. The summed E-state index contributed by atoms with van der Waals surface area (Å²) in [6.07, 6.45) is -0.00712. The largest absolute Gasteiger partial charge is 0.307 e. The van der Waals surface area contributed by atoms with E-state index < -0.39 is 5.82 Å². The second-order valence-electron chi connectivity index (χ2n) is 5.62. The van der Waals surface area contributed by atoms with E-state index in [1.807, 2.05) is 0 Å². The van der Waals surface area contributed by atoms with E-state index in [0.29, 0.717) is 11.1 Å². The highest BCUT2D eigenvalue weighted by molar-refractivity contribution is 6.10. The van der Waals surface area contributed by atoms with Crippen LogP contribution in [0, 0.1) is 18.6 Å². The van der Waals surface area contributed by atoms with Gasteiger partial charge >= 0.3 is 0 Å². The number of halogens is 2. The van der Waals surface area contributed by atoms with Crippen LogP contribution in [0.4, 0.5) is 14.5 Å². The molecule has 1 aliphatic rings. The number of hydrogen-bond acceptors (Lipinski definition) is 2. The minimum absolute atomic E-state index is 0.0152. The second kappa shape index (κ2) is 5.91. The van der Waals surface area contributed by atoms with E-state index in [1.165, 1.54) is 23.1 Å². The molecular weight excluding hydrogens is 300 g/mol. The van der Waals surface area contributed by atoms with Crippen LogP contribution in [0.2, 0.25) is 0 Å². The van der Waals surface area contributed by atoms with Crippen LogP contribution >= 0.6 is 0 Å². The Kier molecular flexibility index (Phi) is 3.94. The van der Waals surface area contributed by atoms with Crippen molar-refractivity contribution in [1.82, 2.24) is 0 Å². The Labute approximate surface area is 132 Å². The molecule has 0 unspecified atom stereocenters. The number of Topliss-reactive ketones (excluding diaryl/α,β-unsaturated/α-hetero) is 1. The molecule has 2 aromatic carbocycles. The Morgan fingerprint density at radius 1 is 1.04 bits per heavy atom. The number of ketones is 1. The first-order chi connectivity index (χ1) is 11.0. The van der Waals surface area contributed by atoms with Crippen molar-refractivity contribution >= 4 is 17.4 Å². The molecule has 0 aromatic heterocycles. The molecule has 0 saturated carbocycles. The highest BCUT2D eigenvalue weighted by Gasteiger charge is 2.29. The van der Waals surface area contributed by atoms with Gasteiger partial charge in [0.25, 0.3) is 0 Å². The lowest BCUT2D eigenvalue weighted by Gasteiger charge is -2.23. The summed E-state index contributed by atoms with van der Waals surface area (Å²) in [6.45, 7) is 1.75. The van der Waals surface area contributed by atoms with Crippen molar-refractivity contribution in [2.45, 2.75) is 26.3 Å². The molecule has 0 aliphatic carbocycles. The van der Waals surface area contributed by atoms with Crippen molar-refractivity contribution in [2.24, 2.45) is 0 Å². The first kappa shape index (κ1) is 15.3. The molecule has 3 nitrogen and oxygen atoms in total. The molecule has 118 valence electrons. The van der Waals surface area contributed by atoms with Gasteiger partial charge in [-0.1, -0.05) is 18.2 Å². The maximum absolute atomic E-state index is 14.0. The summed E-state index contributed by atoms with van der Waals surface area (Å²) >= 11 is 0. The van der Waals surface area contributed by atoms with Crippen LogP contribution in [0.15, 0.2) is 36.4 Å². The molecule has 1 aliphatic heterocycles. The molecule has 0 N–H and O–H groups in total. The first-order valence-corrected chi connectivity index (χ1v) is 7.34. The quantitative estimate of drug-likeness (QED) is 0.845. The lowest BCUT2D eigenvalue weighted by molar-refractivity contribution is -0.118. The smallest absolute Gasteiger partial charge is 0.227 e. The van der Waals surface area contributed by atoms with Gasteiger partial charge in [0, 0.05) is 12.8 Å². The fourth-order valence-electron chi connectivity index (χ4n) is 2.72. The number of carbonyl (C=O) groups excluding carboxylic acids is 2. The lowest BCUT2D eigenvalue weighted by atomic mass is 10.1. The molecule has 3 rings (SSSR count). The third-order valence-electron chi connectivity index (χ3n) is 4.01. The van der Waals surface area contributed by atoms with E-state index in [2.05, 4.69) is 0 Å². The molecule has 0 radical (unpaired) electrons. The number of aryl methyl sites for hydroxylation is 1. The predicted octanol–water partition coefficient (Wildman–Crippen LogP) is 3.78. The standard InChI is InChI=1S/C18H15F2NO2/c1-11-5-6-12(9-14(11)20)10-21-15-4-2-3-13(19)18(15)16(22)7-8-17(21)23/h2-6,9H,7-8,10H2,1H3. The summed E-state index contributed by atoms with van der Waals surface area (Å²) in [5.74, 6) is -1.66. The summed E-state index contributed by atoms with van der Waals surface area (Å²) in [6, 6.07) is 8.92. The molecule has 1 heterocycles. The third-order valence-corrected chi connectivity index (χ3v) is 4.01. The van der Waals surface area contributed by atoms with Crippen molar-refractivity contribution < 1.29 is 18.4 Å². The zero-order valence-electron chi connectivity index (χ0n) is 12.6. The van der Waals surface area contributed by atoms with E-state index in [1.54, 1.807) is 25.1 Å². The molecular formula is C18H15F2NO2. The maximum atomic E-state index is 14.0. The molecule has 0 bridgehead atoms. The Morgan fingerprint density at radius 2 is 1.83 bits per heavy atom. The highest BCUT2D eigenvalue weighted by atomic mass is 19.1. The van der Waals surface area contributed by atoms with Gasteiger partial charge in [-0.2, -0.15) is 0 Å². The van der Waals surface area contributed by atoms with E-state index in [4.69, 9.17) is 0 Å². The van der Waals surface area contributed by atoms with Gasteiger partial charge in [-0.25, -0.2) is 8.78 Å². The summed E-state index contributed by atoms with van der Waals surface area (Å²) in [5.41, 5.74) is 1.29. The number of fused-ring (bicyclic) bond motifs is 1. The molecule has 23 heavy (non-hydrogen) atoms. The van der Waals surface area contributed by atoms with Gasteiger partial charge < -0.3 is 4.90 Å². The minimum atomic E-state index is -0.637. The number of amides is 1. The van der Waals surface area contributed by atoms with Crippen LogP contribution in [0.1, 0.15) is 34.3 Å². The number of nitrogens with zero attached hydrogens (tertiary/aromatic N) is 1. The molecule has 0 atom stereocenters. The van der Waals surface area contributed by atoms with E-state index in [-0.39, 0.29) is 48.1 Å². The van der Waals surface area contributed by atoms with Crippen LogP contribution in [0.3, 0.4) is 0 Å². The number of rotatable bonds is 2. The normalized spacial score (nSPS) is 14.7. The number of carbonyl (C=O) groups is 2. The monoisotopic (exact) mass is 315 g/mol. The Morgan fingerprint density at radius 3 is 2.57 bits per heavy atom. The van der Waals surface area contributed by atoms with Crippen LogP contribution in [0.25, 0.3) is 0 Å². The Hall–Kier alpha value is -2.56. The van der Waals surface area contributed by atoms with Crippen LogP contribution in [-0.2, 0) is 11.3 Å². The van der Waals surface area contributed by atoms with Gasteiger partial charge in [0.15, 0.2) is 5.78 Å². The zero-order chi connectivity index (χ0) is 16.6. The molecule has 5 heteroatoms. The third kappa shape index (κ3) is 2.86. The van der Waals surface area contributed by atoms with Crippen molar-refractivity contribution in [3.05, 3.63) is 64.7 Å². The lowest BCUT2D eigenvalue weighted by Crippen LogP contribution is -2.29. The zero-order valence-corrected chi connectivity index (χ0v) is 12.6. The number of anilines is 1. The van der Waals surface area contributed by atoms with Crippen molar-refractivity contribution in [1.29, 1.82) is 0 Å². The SMILES string of the molecule is Cc1ccc(CN2C(=O)CCC(=O)c3c(F)cccc32)cc1F. The predicted molar refractivity (Wildman–Crippen MR) is 82.3 cm³/mol. The molecule has 0 saturated heterocycles. The molecule has 1 amide bonds. The van der Waals surface area contributed by atoms with Gasteiger partial charge in [-0.05, 0) is 36.2 Å². The summed E-state index contributed by atoms with van der Waals surface area (Å²) in [4.78, 5) is 25.8. The van der Waals surface area contributed by atoms with Gasteiger partial charge in [0.1, 0.15) is 11.6 Å². The average Bonchev–Trinajstić information content (AvgIpc) is 2.63. The van der Waals surface area contributed by atoms with Crippen LogP contribution in [0.5, 0.6) is 0 Å². The molecule has 0 fully saturated rings. The second-order valence-corrected chi connectivity index (χ2v) is 5.62. The van der Waals surface area contributed by atoms with E-state index >= 15 is 0 Å². The number of hydrogen-bond donors (Lipinski definition) is 0. The minimum Gasteiger partial charge on any atom is -0.307 e. The highest BCUT2D eigenvalue weighted by Crippen LogP contribution is 2.30.